The molecule has 3 fully saturated rings. The minimum Gasteiger partial charge on any atom is -0.487 e. The number of aryl methyl sites for hydroxylation is 1. The summed E-state index contributed by atoms with van der Waals surface area (Å²) in [5.41, 5.74) is 3.59. The highest BCUT2D eigenvalue weighted by molar-refractivity contribution is 6.31. The number of ether oxygens (including phenoxy) is 2. The molecule has 2 saturated heterocycles. The van der Waals surface area contributed by atoms with Crippen LogP contribution in [0.25, 0.3) is 16.8 Å². The van der Waals surface area contributed by atoms with E-state index < -0.39 is 0 Å². The zero-order chi connectivity index (χ0) is 26.1. The van der Waals surface area contributed by atoms with Gasteiger partial charge in [-0.05, 0) is 48.6 Å². The molecule has 38 heavy (non-hydrogen) atoms. The number of fused-ring (bicyclic) bond motifs is 2. The second kappa shape index (κ2) is 9.79. The van der Waals surface area contributed by atoms with Crippen LogP contribution in [0.1, 0.15) is 31.9 Å². The van der Waals surface area contributed by atoms with Crippen molar-refractivity contribution in [2.45, 2.75) is 46.4 Å². The van der Waals surface area contributed by atoms with Crippen LogP contribution in [0.3, 0.4) is 0 Å². The van der Waals surface area contributed by atoms with Gasteiger partial charge in [0.25, 0.3) is 0 Å². The fourth-order valence-electron chi connectivity index (χ4n) is 5.83. The number of carbonyl (C=O) groups excluding carboxylic acids is 2. The van der Waals surface area contributed by atoms with Gasteiger partial charge < -0.3 is 14.8 Å². The maximum Gasteiger partial charge on any atom is 0.233 e. The van der Waals surface area contributed by atoms with Crippen molar-refractivity contribution >= 4 is 41.3 Å². The molecule has 6 rings (SSSR count). The Labute approximate surface area is 232 Å². The van der Waals surface area contributed by atoms with E-state index in [1.54, 1.807) is 4.52 Å². The molecule has 1 saturated carbocycles. The summed E-state index contributed by atoms with van der Waals surface area (Å²) in [6.07, 6.45) is 3.04. The second-order valence-electron chi connectivity index (χ2n) is 10.9. The van der Waals surface area contributed by atoms with Gasteiger partial charge in [-0.25, -0.2) is 9.50 Å². The van der Waals surface area contributed by atoms with Crippen molar-refractivity contribution in [3.8, 4) is 17.0 Å². The summed E-state index contributed by atoms with van der Waals surface area (Å²) in [4.78, 5) is 31.7. The van der Waals surface area contributed by atoms with Crippen LogP contribution in [0.15, 0.2) is 30.7 Å². The number of piperidine rings is 1. The highest BCUT2D eigenvalue weighted by Crippen LogP contribution is 2.63. The Hall–Kier alpha value is -2.72. The number of hydrogen-bond acceptors (Lipinski definition) is 7. The molecular weight excluding hydrogens is 529 g/mol. The third-order valence-electron chi connectivity index (χ3n) is 7.97. The van der Waals surface area contributed by atoms with Gasteiger partial charge in [-0.2, -0.15) is 5.10 Å². The number of amides is 2. The van der Waals surface area contributed by atoms with Crippen molar-refractivity contribution in [2.75, 3.05) is 19.7 Å². The maximum absolute atomic E-state index is 12.9. The lowest BCUT2D eigenvalue weighted by Gasteiger charge is -2.30. The first-order valence-corrected chi connectivity index (χ1v) is 13.0. The molecule has 11 heteroatoms. The van der Waals surface area contributed by atoms with Crippen molar-refractivity contribution in [3.05, 3.63) is 46.9 Å². The van der Waals surface area contributed by atoms with E-state index in [1.807, 2.05) is 52.1 Å². The molecule has 9 nitrogen and oxygen atoms in total. The first kappa shape index (κ1) is 26.9. The molecule has 1 aromatic carbocycles. The van der Waals surface area contributed by atoms with Gasteiger partial charge in [-0.1, -0.05) is 25.4 Å². The van der Waals surface area contributed by atoms with Crippen LogP contribution in [0, 0.1) is 24.2 Å². The largest absolute Gasteiger partial charge is 0.487 e. The number of imide groups is 1. The second-order valence-corrected chi connectivity index (χ2v) is 11.3. The molecule has 2 aromatic heterocycles. The number of likely N-dealkylation sites (tertiary alicyclic amines) is 1. The standard InChI is InChI=1S/C27H30ClN5O4.ClH/c1-14-7-17(28)9-18(24(14)37-15(2)20-10-29-5-6-36-20)23-19-8-16(12-33(19)31-13-30-23)11-32-25(34)21-22(26(32)35)27(21,3)4;/h7-9,12-13,15,20-22,29H,5-6,10-11H2,1-4H3;1H/t15-,20+,21?,22?;/m1./s1. The van der Waals surface area contributed by atoms with E-state index in [2.05, 4.69) is 15.4 Å². The highest BCUT2D eigenvalue weighted by atomic mass is 35.5. The summed E-state index contributed by atoms with van der Waals surface area (Å²) in [5.74, 6) is 0.104. The van der Waals surface area contributed by atoms with Crippen LogP contribution >= 0.6 is 24.0 Å². The van der Waals surface area contributed by atoms with Gasteiger partial charge in [0, 0.05) is 29.9 Å². The normalized spacial score (nSPS) is 24.8. The number of aromatic nitrogens is 3. The number of morpholine rings is 1. The lowest BCUT2D eigenvalue weighted by Crippen LogP contribution is -2.46. The minimum absolute atomic E-state index is 0. The third-order valence-corrected chi connectivity index (χ3v) is 8.19. The quantitative estimate of drug-likeness (QED) is 0.460. The molecule has 1 aliphatic carbocycles. The van der Waals surface area contributed by atoms with Crippen molar-refractivity contribution in [2.24, 2.45) is 17.3 Å². The molecule has 4 atom stereocenters. The Morgan fingerprint density at radius 1 is 1.24 bits per heavy atom. The predicted molar refractivity (Wildman–Crippen MR) is 144 cm³/mol. The van der Waals surface area contributed by atoms with E-state index in [0.29, 0.717) is 23.1 Å². The van der Waals surface area contributed by atoms with Crippen molar-refractivity contribution < 1.29 is 19.1 Å². The molecule has 2 amide bonds. The summed E-state index contributed by atoms with van der Waals surface area (Å²) in [7, 11) is 0. The van der Waals surface area contributed by atoms with Crippen molar-refractivity contribution in [1.82, 2.24) is 24.8 Å². The average molecular weight is 560 g/mol. The molecule has 0 spiro atoms. The summed E-state index contributed by atoms with van der Waals surface area (Å²) in [6, 6.07) is 5.63. The van der Waals surface area contributed by atoms with E-state index in [0.717, 1.165) is 35.3 Å². The van der Waals surface area contributed by atoms with Crippen LogP contribution in [-0.2, 0) is 20.9 Å². The zero-order valence-electron chi connectivity index (χ0n) is 21.7. The Kier molecular flexibility index (Phi) is 6.92. The lowest BCUT2D eigenvalue weighted by molar-refractivity contribution is -0.143. The molecule has 2 unspecified atom stereocenters. The number of halogens is 2. The van der Waals surface area contributed by atoms with E-state index in [4.69, 9.17) is 21.1 Å². The fraction of sp³-hybridized carbons (Fsp3) is 0.481. The smallest absolute Gasteiger partial charge is 0.233 e. The van der Waals surface area contributed by atoms with Crippen LogP contribution in [0.2, 0.25) is 5.02 Å². The molecule has 3 aromatic rings. The van der Waals surface area contributed by atoms with Gasteiger partial charge in [-0.3, -0.25) is 14.5 Å². The molecule has 3 aliphatic rings. The van der Waals surface area contributed by atoms with Crippen LogP contribution < -0.4 is 10.1 Å². The molecule has 202 valence electrons. The van der Waals surface area contributed by atoms with Crippen LogP contribution in [0.5, 0.6) is 5.75 Å². The Bertz CT molecular complexity index is 1390. The Balaban J connectivity index is 0.00000294. The molecular formula is C27H31Cl2N5O4. The fourth-order valence-corrected chi connectivity index (χ4v) is 6.10. The highest BCUT2D eigenvalue weighted by Gasteiger charge is 2.72. The SMILES string of the molecule is Cc1cc(Cl)cc(-c2ncnn3cc(CN4C(=O)C5C(C4=O)C5(C)C)cc23)c1O[C@H](C)[C@@H]1CNCCO1.Cl. The van der Waals surface area contributed by atoms with Crippen molar-refractivity contribution in [3.63, 3.8) is 0 Å². The number of nitrogens with one attached hydrogen (secondary N) is 1. The number of carbonyl (C=O) groups is 2. The van der Waals surface area contributed by atoms with E-state index in [9.17, 15) is 9.59 Å². The van der Waals surface area contributed by atoms with Gasteiger partial charge in [-0.15, -0.1) is 12.4 Å². The molecule has 0 radical (unpaired) electrons. The molecule has 4 heterocycles. The summed E-state index contributed by atoms with van der Waals surface area (Å²) in [6.45, 7) is 10.3. The van der Waals surface area contributed by atoms with E-state index in [1.165, 1.54) is 11.2 Å². The number of hydrogen-bond donors (Lipinski definition) is 1. The zero-order valence-corrected chi connectivity index (χ0v) is 23.3. The summed E-state index contributed by atoms with van der Waals surface area (Å²) in [5, 5.41) is 8.28. The monoisotopic (exact) mass is 559 g/mol. The lowest BCUT2D eigenvalue weighted by atomic mass is 10.0. The van der Waals surface area contributed by atoms with Crippen LogP contribution in [0.4, 0.5) is 0 Å². The predicted octanol–water partition coefficient (Wildman–Crippen LogP) is 3.68. The van der Waals surface area contributed by atoms with Crippen LogP contribution in [-0.4, -0.2) is 63.2 Å². The number of rotatable bonds is 6. The van der Waals surface area contributed by atoms with Gasteiger partial charge in [0.05, 0.1) is 30.5 Å². The average Bonchev–Trinajstić information content (AvgIpc) is 3.11. The first-order chi connectivity index (χ1) is 17.7. The molecule has 0 bridgehead atoms. The van der Waals surface area contributed by atoms with Gasteiger partial charge in [0.15, 0.2) is 0 Å². The third kappa shape index (κ3) is 4.35. The topological polar surface area (TPSA) is 98.1 Å². The van der Waals surface area contributed by atoms with E-state index >= 15 is 0 Å². The van der Waals surface area contributed by atoms with E-state index in [-0.39, 0.29) is 60.2 Å². The first-order valence-electron chi connectivity index (χ1n) is 12.6. The van der Waals surface area contributed by atoms with Crippen molar-refractivity contribution in [1.29, 1.82) is 0 Å². The number of nitrogens with zero attached hydrogens (tertiary/aromatic N) is 4. The van der Waals surface area contributed by atoms with Gasteiger partial charge in [0.2, 0.25) is 11.8 Å². The Morgan fingerprint density at radius 2 is 1.97 bits per heavy atom. The van der Waals surface area contributed by atoms with Gasteiger partial charge in [0.1, 0.15) is 30.0 Å². The minimum atomic E-state index is -0.231. The summed E-state index contributed by atoms with van der Waals surface area (Å²) < 4.78 is 14.1. The summed E-state index contributed by atoms with van der Waals surface area (Å²) >= 11 is 6.48. The molecule has 2 aliphatic heterocycles. The number of benzene rings is 1. The Morgan fingerprint density at radius 3 is 2.66 bits per heavy atom. The maximum atomic E-state index is 12.9. The van der Waals surface area contributed by atoms with Gasteiger partial charge >= 0.3 is 0 Å². The molecule has 1 N–H and O–H groups in total.